The van der Waals surface area contributed by atoms with Crippen LogP contribution in [0.2, 0.25) is 0 Å². The Morgan fingerprint density at radius 3 is 1.47 bits per heavy atom. The second-order valence-electron chi connectivity index (χ2n) is 12.0. The average Bonchev–Trinajstić information content (AvgIpc) is 3.82. The van der Waals surface area contributed by atoms with Crippen molar-refractivity contribution in [3.63, 3.8) is 0 Å². The fourth-order valence-corrected chi connectivity index (χ4v) is 7.20. The summed E-state index contributed by atoms with van der Waals surface area (Å²) in [5.41, 5.74) is 11.8. The summed E-state index contributed by atoms with van der Waals surface area (Å²) in [6.07, 6.45) is 0. The van der Waals surface area contributed by atoms with Gasteiger partial charge in [0.05, 0.1) is 22.1 Å². The maximum atomic E-state index is 6.47. The first-order valence-electron chi connectivity index (χ1n) is 15.9. The summed E-state index contributed by atoms with van der Waals surface area (Å²) >= 11 is 0. The minimum atomic E-state index is 0.622. The Morgan fingerprint density at radius 1 is 0.383 bits per heavy atom. The summed E-state index contributed by atoms with van der Waals surface area (Å²) in [7, 11) is 0. The fraction of sp³-hybridized carbons (Fsp3) is 0. The molecular weight excluding hydrogens is 574 g/mol. The van der Waals surface area contributed by atoms with E-state index in [4.69, 9.17) is 9.40 Å². The van der Waals surface area contributed by atoms with Crippen LogP contribution in [0, 0.1) is 0 Å². The Balaban J connectivity index is 1.08. The van der Waals surface area contributed by atoms with Crippen molar-refractivity contribution < 1.29 is 4.42 Å². The maximum absolute atomic E-state index is 6.47. The SMILES string of the molecule is c1ccc(-n2c3ccccc3c3cc(-c4ccc5nc(-c6ccc7c(c6)c6ccccc6n7-c6ccccc6)oc5c4)ccc32)cc1. The molecule has 10 aromatic rings. The van der Waals surface area contributed by atoms with E-state index in [0.717, 1.165) is 44.7 Å². The van der Waals surface area contributed by atoms with Crippen LogP contribution >= 0.6 is 0 Å². The highest BCUT2D eigenvalue weighted by Crippen LogP contribution is 2.38. The third-order valence-corrected chi connectivity index (χ3v) is 9.34. The second-order valence-corrected chi connectivity index (χ2v) is 12.0. The lowest BCUT2D eigenvalue weighted by atomic mass is 10.0. The fourth-order valence-electron chi connectivity index (χ4n) is 7.20. The number of aromatic nitrogens is 3. The minimum Gasteiger partial charge on any atom is -0.436 e. The predicted molar refractivity (Wildman–Crippen MR) is 194 cm³/mol. The largest absolute Gasteiger partial charge is 0.436 e. The zero-order valence-corrected chi connectivity index (χ0v) is 25.3. The van der Waals surface area contributed by atoms with Gasteiger partial charge in [-0.05, 0) is 90.0 Å². The van der Waals surface area contributed by atoms with Gasteiger partial charge in [0.15, 0.2) is 5.58 Å². The Labute approximate surface area is 270 Å². The molecule has 7 aromatic carbocycles. The number of benzene rings is 7. The van der Waals surface area contributed by atoms with E-state index in [0.29, 0.717) is 5.89 Å². The summed E-state index contributed by atoms with van der Waals surface area (Å²) in [6.45, 7) is 0. The molecule has 0 atom stereocenters. The van der Waals surface area contributed by atoms with E-state index in [1.807, 2.05) is 0 Å². The van der Waals surface area contributed by atoms with Crippen molar-refractivity contribution in [2.45, 2.75) is 0 Å². The number of para-hydroxylation sites is 4. The molecule has 0 saturated carbocycles. The van der Waals surface area contributed by atoms with Gasteiger partial charge < -0.3 is 13.6 Å². The van der Waals surface area contributed by atoms with Gasteiger partial charge in [0.2, 0.25) is 5.89 Å². The topological polar surface area (TPSA) is 35.9 Å². The summed E-state index contributed by atoms with van der Waals surface area (Å²) in [4.78, 5) is 4.92. The number of oxazole rings is 1. The van der Waals surface area contributed by atoms with Gasteiger partial charge in [0, 0.05) is 38.5 Å². The van der Waals surface area contributed by atoms with Crippen LogP contribution in [0.3, 0.4) is 0 Å². The maximum Gasteiger partial charge on any atom is 0.227 e. The Hall–Kier alpha value is -6.39. The van der Waals surface area contributed by atoms with E-state index in [1.165, 1.54) is 38.1 Å². The lowest BCUT2D eigenvalue weighted by Crippen LogP contribution is -1.92. The van der Waals surface area contributed by atoms with Crippen molar-refractivity contribution in [1.29, 1.82) is 0 Å². The lowest BCUT2D eigenvalue weighted by Gasteiger charge is -2.08. The molecule has 0 amide bonds. The standard InChI is InChI=1S/C43H27N3O/c1-3-11-31(12-4-1)45-38-17-9-7-15-33(38)35-25-28(20-23-40(35)45)29-19-22-37-42(27-29)47-43(44-37)30-21-24-41-36(26-30)34-16-8-10-18-39(34)46(41)32-13-5-2-6-14-32/h1-27H. The van der Waals surface area contributed by atoms with Gasteiger partial charge in [-0.25, -0.2) is 4.98 Å². The molecule has 0 aliphatic rings. The van der Waals surface area contributed by atoms with E-state index in [2.05, 4.69) is 173 Å². The zero-order chi connectivity index (χ0) is 30.9. The monoisotopic (exact) mass is 601 g/mol. The van der Waals surface area contributed by atoms with Crippen LogP contribution in [0.25, 0.3) is 88.7 Å². The molecule has 0 radical (unpaired) electrons. The molecule has 4 nitrogen and oxygen atoms in total. The number of hydrogen-bond donors (Lipinski definition) is 0. The highest BCUT2D eigenvalue weighted by Gasteiger charge is 2.17. The van der Waals surface area contributed by atoms with Crippen molar-refractivity contribution in [2.75, 3.05) is 0 Å². The molecule has 0 spiro atoms. The summed E-state index contributed by atoms with van der Waals surface area (Å²) in [5, 5.41) is 4.84. The van der Waals surface area contributed by atoms with Gasteiger partial charge in [-0.1, -0.05) is 84.9 Å². The first kappa shape index (κ1) is 25.9. The third kappa shape index (κ3) is 3.98. The smallest absolute Gasteiger partial charge is 0.227 e. The minimum absolute atomic E-state index is 0.622. The van der Waals surface area contributed by atoms with Crippen LogP contribution in [0.1, 0.15) is 0 Å². The molecule has 0 fully saturated rings. The third-order valence-electron chi connectivity index (χ3n) is 9.34. The lowest BCUT2D eigenvalue weighted by molar-refractivity contribution is 0.620. The van der Waals surface area contributed by atoms with Gasteiger partial charge in [0.25, 0.3) is 0 Å². The summed E-state index contributed by atoms with van der Waals surface area (Å²) in [6, 6.07) is 57.8. The normalized spacial score (nSPS) is 11.8. The van der Waals surface area contributed by atoms with Crippen LogP contribution in [0.4, 0.5) is 0 Å². The van der Waals surface area contributed by atoms with Gasteiger partial charge in [-0.2, -0.15) is 0 Å². The van der Waals surface area contributed by atoms with Crippen molar-refractivity contribution >= 4 is 54.7 Å². The Bertz CT molecular complexity index is 2630. The van der Waals surface area contributed by atoms with E-state index in [1.54, 1.807) is 0 Å². The molecule has 0 aliphatic heterocycles. The molecule has 3 aromatic heterocycles. The van der Waals surface area contributed by atoms with Crippen LogP contribution in [-0.2, 0) is 0 Å². The molecular formula is C43H27N3O. The Kier molecular flexibility index (Phi) is 5.54. The molecule has 0 N–H and O–H groups in total. The molecule has 220 valence electrons. The van der Waals surface area contributed by atoms with Crippen LogP contribution < -0.4 is 0 Å². The van der Waals surface area contributed by atoms with Crippen molar-refractivity contribution in [2.24, 2.45) is 0 Å². The molecule has 0 bridgehead atoms. The number of rotatable bonds is 4. The molecule has 0 saturated heterocycles. The number of fused-ring (bicyclic) bond motifs is 7. The summed E-state index contributed by atoms with van der Waals surface area (Å²) in [5.74, 6) is 0.622. The van der Waals surface area contributed by atoms with Crippen molar-refractivity contribution in [3.8, 4) is 34.0 Å². The molecule has 3 heterocycles. The Morgan fingerprint density at radius 2 is 0.851 bits per heavy atom. The number of nitrogens with zero attached hydrogens (tertiary/aromatic N) is 3. The summed E-state index contributed by atoms with van der Waals surface area (Å²) < 4.78 is 11.1. The van der Waals surface area contributed by atoms with E-state index >= 15 is 0 Å². The van der Waals surface area contributed by atoms with Crippen LogP contribution in [0.15, 0.2) is 168 Å². The predicted octanol–water partition coefficient (Wildman–Crippen LogP) is 11.4. The zero-order valence-electron chi connectivity index (χ0n) is 25.3. The molecule has 4 heteroatoms. The van der Waals surface area contributed by atoms with E-state index in [9.17, 15) is 0 Å². The van der Waals surface area contributed by atoms with Crippen LogP contribution in [-0.4, -0.2) is 14.1 Å². The number of hydrogen-bond acceptors (Lipinski definition) is 2. The van der Waals surface area contributed by atoms with Crippen LogP contribution in [0.5, 0.6) is 0 Å². The van der Waals surface area contributed by atoms with Crippen molar-refractivity contribution in [3.05, 3.63) is 164 Å². The molecule has 0 unspecified atom stereocenters. The molecule has 10 rings (SSSR count). The second kappa shape index (κ2) is 10.1. The van der Waals surface area contributed by atoms with Gasteiger partial charge in [-0.15, -0.1) is 0 Å². The average molecular weight is 602 g/mol. The highest BCUT2D eigenvalue weighted by molar-refractivity contribution is 6.11. The van der Waals surface area contributed by atoms with Gasteiger partial charge in [0.1, 0.15) is 5.52 Å². The van der Waals surface area contributed by atoms with E-state index < -0.39 is 0 Å². The quantitative estimate of drug-likeness (QED) is 0.201. The molecule has 47 heavy (non-hydrogen) atoms. The van der Waals surface area contributed by atoms with E-state index in [-0.39, 0.29) is 0 Å². The molecule has 0 aliphatic carbocycles. The van der Waals surface area contributed by atoms with Gasteiger partial charge in [-0.3, -0.25) is 0 Å². The first-order valence-corrected chi connectivity index (χ1v) is 15.9. The first-order chi connectivity index (χ1) is 23.3. The van der Waals surface area contributed by atoms with Gasteiger partial charge >= 0.3 is 0 Å². The van der Waals surface area contributed by atoms with Crippen molar-refractivity contribution in [1.82, 2.24) is 14.1 Å². The highest BCUT2D eigenvalue weighted by atomic mass is 16.3.